The third kappa shape index (κ3) is 3.47. The summed E-state index contributed by atoms with van der Waals surface area (Å²) >= 11 is 0. The molecule has 2 aromatic rings. The fourth-order valence-corrected chi connectivity index (χ4v) is 1.63. The number of rotatable bonds is 5. The van der Waals surface area contributed by atoms with E-state index in [0.717, 1.165) is 5.69 Å². The molecule has 0 bridgehead atoms. The van der Waals surface area contributed by atoms with Gasteiger partial charge in [-0.2, -0.15) is 5.10 Å². The lowest BCUT2D eigenvalue weighted by atomic mass is 10.2. The lowest BCUT2D eigenvalue weighted by molar-refractivity contribution is -0.121. The van der Waals surface area contributed by atoms with Crippen LogP contribution in [0.1, 0.15) is 5.56 Å². The molecule has 0 aliphatic carbocycles. The number of amides is 1. The molecule has 1 aromatic heterocycles. The molecule has 0 fully saturated rings. The molecule has 2 rings (SSSR count). The average molecular weight is 278 g/mol. The topological polar surface area (TPSA) is 79.2 Å². The Kier molecular flexibility index (Phi) is 4.19. The van der Waals surface area contributed by atoms with E-state index >= 15 is 0 Å². The van der Waals surface area contributed by atoms with Crippen molar-refractivity contribution in [3.63, 3.8) is 0 Å². The lowest BCUT2D eigenvalue weighted by Gasteiger charge is -2.04. The van der Waals surface area contributed by atoms with E-state index in [1.165, 1.54) is 16.8 Å². The maximum absolute atomic E-state index is 13.2. The highest BCUT2D eigenvalue weighted by Crippen LogP contribution is 2.17. The van der Waals surface area contributed by atoms with Crippen LogP contribution in [-0.4, -0.2) is 27.8 Å². The normalized spacial score (nSPS) is 10.3. The number of hydrogen-bond donors (Lipinski definition) is 3. The Morgan fingerprint density at radius 2 is 2.30 bits per heavy atom. The number of likely N-dealkylation sites (N-methyl/N-ethyl adjacent to an activating group) is 1. The first kappa shape index (κ1) is 13.9. The van der Waals surface area contributed by atoms with Crippen LogP contribution in [-0.2, 0) is 17.9 Å². The summed E-state index contributed by atoms with van der Waals surface area (Å²) in [5, 5.41) is 18.7. The van der Waals surface area contributed by atoms with Gasteiger partial charge in [-0.1, -0.05) is 6.07 Å². The quantitative estimate of drug-likeness (QED) is 0.765. The first-order valence-corrected chi connectivity index (χ1v) is 6.03. The number of nitrogens with zero attached hydrogens (tertiary/aromatic N) is 2. The third-order valence-corrected chi connectivity index (χ3v) is 2.73. The van der Waals surface area contributed by atoms with Crippen LogP contribution in [0.5, 0.6) is 5.75 Å². The number of phenols is 1. The van der Waals surface area contributed by atoms with Crippen molar-refractivity contribution >= 4 is 11.6 Å². The predicted molar refractivity (Wildman–Crippen MR) is 71.7 cm³/mol. The van der Waals surface area contributed by atoms with Gasteiger partial charge in [0.05, 0.1) is 11.9 Å². The Labute approximate surface area is 115 Å². The molecule has 0 spiro atoms. The number of phenolic OH excluding ortho intramolecular Hbond substituents is 1. The minimum atomic E-state index is -0.653. The highest BCUT2D eigenvalue weighted by molar-refractivity contribution is 5.75. The standard InChI is InChI=1S/C13H15FN4O2/c1-15-13(20)8-18-7-10(6-17-18)16-5-9-2-3-12(19)11(14)4-9/h2-4,6-7,16,19H,5,8H2,1H3,(H,15,20). The summed E-state index contributed by atoms with van der Waals surface area (Å²) in [6.45, 7) is 0.537. The van der Waals surface area contributed by atoms with Gasteiger partial charge < -0.3 is 15.7 Å². The monoisotopic (exact) mass is 278 g/mol. The van der Waals surface area contributed by atoms with Gasteiger partial charge in [-0.15, -0.1) is 0 Å². The van der Waals surface area contributed by atoms with E-state index in [1.807, 2.05) is 0 Å². The molecule has 6 nitrogen and oxygen atoms in total. The minimum absolute atomic E-state index is 0.139. The number of aromatic hydroxyl groups is 1. The fourth-order valence-electron chi connectivity index (χ4n) is 1.63. The second-order valence-corrected chi connectivity index (χ2v) is 4.24. The number of hydrogen-bond acceptors (Lipinski definition) is 4. The molecule has 0 radical (unpaired) electrons. The summed E-state index contributed by atoms with van der Waals surface area (Å²) in [7, 11) is 1.56. The fraction of sp³-hybridized carbons (Fsp3) is 0.231. The number of benzene rings is 1. The molecular weight excluding hydrogens is 263 g/mol. The molecular formula is C13H15FN4O2. The molecule has 106 valence electrons. The van der Waals surface area contributed by atoms with Crippen molar-refractivity contribution in [1.29, 1.82) is 0 Å². The molecule has 1 heterocycles. The highest BCUT2D eigenvalue weighted by Gasteiger charge is 2.04. The zero-order valence-corrected chi connectivity index (χ0v) is 10.9. The Hall–Kier alpha value is -2.57. The second kappa shape index (κ2) is 6.05. The van der Waals surface area contributed by atoms with E-state index in [9.17, 15) is 9.18 Å². The van der Waals surface area contributed by atoms with Crippen molar-refractivity contribution in [3.8, 4) is 5.75 Å². The van der Waals surface area contributed by atoms with E-state index in [2.05, 4.69) is 15.7 Å². The summed E-state index contributed by atoms with van der Waals surface area (Å²) in [5.41, 5.74) is 1.42. The number of halogens is 1. The Morgan fingerprint density at radius 3 is 3.00 bits per heavy atom. The molecule has 0 unspecified atom stereocenters. The van der Waals surface area contributed by atoms with Gasteiger partial charge >= 0.3 is 0 Å². The molecule has 7 heteroatoms. The Bertz CT molecular complexity index is 612. The number of carbonyl (C=O) groups excluding carboxylic acids is 1. The van der Waals surface area contributed by atoms with Gasteiger partial charge in [-0.25, -0.2) is 4.39 Å². The second-order valence-electron chi connectivity index (χ2n) is 4.24. The van der Waals surface area contributed by atoms with E-state index in [1.54, 1.807) is 25.5 Å². The van der Waals surface area contributed by atoms with Crippen molar-refractivity contribution in [2.24, 2.45) is 0 Å². The van der Waals surface area contributed by atoms with Crippen LogP contribution in [0, 0.1) is 5.82 Å². The van der Waals surface area contributed by atoms with Crippen molar-refractivity contribution in [1.82, 2.24) is 15.1 Å². The highest BCUT2D eigenvalue weighted by atomic mass is 19.1. The maximum atomic E-state index is 13.2. The molecule has 0 saturated carbocycles. The van der Waals surface area contributed by atoms with Gasteiger partial charge in [0.1, 0.15) is 6.54 Å². The number of anilines is 1. The number of nitrogens with one attached hydrogen (secondary N) is 2. The van der Waals surface area contributed by atoms with Crippen molar-refractivity contribution in [2.75, 3.05) is 12.4 Å². The van der Waals surface area contributed by atoms with E-state index in [4.69, 9.17) is 5.11 Å². The minimum Gasteiger partial charge on any atom is -0.505 e. The number of carbonyl (C=O) groups is 1. The largest absolute Gasteiger partial charge is 0.505 e. The van der Waals surface area contributed by atoms with Crippen LogP contribution >= 0.6 is 0 Å². The maximum Gasteiger partial charge on any atom is 0.241 e. The van der Waals surface area contributed by atoms with Crippen LogP contribution in [0.3, 0.4) is 0 Å². The van der Waals surface area contributed by atoms with Gasteiger partial charge in [-0.05, 0) is 17.7 Å². The van der Waals surface area contributed by atoms with Crippen LogP contribution in [0.25, 0.3) is 0 Å². The Balaban J connectivity index is 1.93. The van der Waals surface area contributed by atoms with Gasteiger partial charge in [0, 0.05) is 19.8 Å². The Morgan fingerprint density at radius 1 is 1.50 bits per heavy atom. The summed E-state index contributed by atoms with van der Waals surface area (Å²) in [6.07, 6.45) is 3.27. The van der Waals surface area contributed by atoms with Gasteiger partial charge in [0.15, 0.2) is 11.6 Å². The van der Waals surface area contributed by atoms with Crippen molar-refractivity contribution in [2.45, 2.75) is 13.1 Å². The van der Waals surface area contributed by atoms with Crippen molar-refractivity contribution < 1.29 is 14.3 Å². The van der Waals surface area contributed by atoms with Crippen molar-refractivity contribution in [3.05, 3.63) is 42.0 Å². The first-order chi connectivity index (χ1) is 9.58. The predicted octanol–water partition coefficient (Wildman–Crippen LogP) is 1.09. The zero-order valence-electron chi connectivity index (χ0n) is 10.9. The smallest absolute Gasteiger partial charge is 0.241 e. The molecule has 1 amide bonds. The molecule has 3 N–H and O–H groups in total. The SMILES string of the molecule is CNC(=O)Cn1cc(NCc2ccc(O)c(F)c2)cn1. The zero-order chi connectivity index (χ0) is 14.5. The average Bonchev–Trinajstić information content (AvgIpc) is 2.87. The van der Waals surface area contributed by atoms with Crippen LogP contribution in [0.2, 0.25) is 0 Å². The summed E-state index contributed by atoms with van der Waals surface area (Å²) < 4.78 is 14.7. The molecule has 0 atom stereocenters. The molecule has 0 saturated heterocycles. The molecule has 0 aliphatic rings. The first-order valence-electron chi connectivity index (χ1n) is 6.03. The molecule has 0 aliphatic heterocycles. The van der Waals surface area contributed by atoms with Crippen LogP contribution < -0.4 is 10.6 Å². The summed E-state index contributed by atoms with van der Waals surface area (Å²) in [5.74, 6) is -1.16. The van der Waals surface area contributed by atoms with E-state index in [-0.39, 0.29) is 18.2 Å². The lowest BCUT2D eigenvalue weighted by Crippen LogP contribution is -2.23. The molecule has 20 heavy (non-hydrogen) atoms. The van der Waals surface area contributed by atoms with Gasteiger partial charge in [0.25, 0.3) is 0 Å². The van der Waals surface area contributed by atoms with E-state index < -0.39 is 5.82 Å². The van der Waals surface area contributed by atoms with Gasteiger partial charge in [-0.3, -0.25) is 9.48 Å². The van der Waals surface area contributed by atoms with Gasteiger partial charge in [0.2, 0.25) is 5.91 Å². The van der Waals surface area contributed by atoms with Crippen LogP contribution in [0.4, 0.5) is 10.1 Å². The third-order valence-electron chi connectivity index (χ3n) is 2.73. The summed E-state index contributed by atoms with van der Waals surface area (Å²) in [4.78, 5) is 11.2. The number of aromatic nitrogens is 2. The van der Waals surface area contributed by atoms with Crippen LogP contribution in [0.15, 0.2) is 30.6 Å². The summed E-state index contributed by atoms with van der Waals surface area (Å²) in [6, 6.07) is 4.19. The van der Waals surface area contributed by atoms with E-state index in [0.29, 0.717) is 12.1 Å². The molecule has 1 aromatic carbocycles.